The summed E-state index contributed by atoms with van der Waals surface area (Å²) >= 11 is 0. The minimum Gasteiger partial charge on any atom is -0.482 e. The Balaban J connectivity index is 2.00. The first-order valence-electron chi connectivity index (χ1n) is 12.4. The van der Waals surface area contributed by atoms with Gasteiger partial charge in [0.2, 0.25) is 0 Å². The predicted octanol–water partition coefficient (Wildman–Crippen LogP) is 5.24. The number of carbonyl (C=O) groups is 2. The maximum Gasteiger partial charge on any atom is 0.471 e. The maximum atomic E-state index is 13.0. The summed E-state index contributed by atoms with van der Waals surface area (Å²) in [5.41, 5.74) is 0.657. The number of allylic oxidation sites excluding steroid dienone is 4. The molecule has 0 N–H and O–H groups in total. The number of ether oxygens (including phenoxy) is 1. The fraction of sp³-hybridized carbons (Fsp3) is 0.407. The second-order valence-electron chi connectivity index (χ2n) is 9.19. The number of alkyl halides is 3. The topological polar surface area (TPSA) is 84.0 Å². The van der Waals surface area contributed by atoms with Gasteiger partial charge in [0.15, 0.2) is 0 Å². The Morgan fingerprint density at radius 1 is 1.18 bits per heavy atom. The molecule has 0 unspecified atom stereocenters. The molecule has 0 saturated carbocycles. The van der Waals surface area contributed by atoms with E-state index in [9.17, 15) is 31.2 Å². The first-order chi connectivity index (χ1) is 18.2. The lowest BCUT2D eigenvalue weighted by Gasteiger charge is -2.43. The minimum absolute atomic E-state index is 0.0743. The number of rotatable bonds is 7. The van der Waals surface area contributed by atoms with E-state index in [-0.39, 0.29) is 36.7 Å². The zero-order valence-corrected chi connectivity index (χ0v) is 23.4. The van der Waals surface area contributed by atoms with Gasteiger partial charge in [-0.1, -0.05) is 18.7 Å². The molecule has 0 radical (unpaired) electrons. The van der Waals surface area contributed by atoms with E-state index < -0.39 is 26.7 Å². The molecule has 7 nitrogen and oxygen atoms in total. The van der Waals surface area contributed by atoms with Crippen molar-refractivity contribution in [1.29, 1.82) is 0 Å². The van der Waals surface area contributed by atoms with Crippen LogP contribution in [0.25, 0.3) is 5.57 Å². The third kappa shape index (κ3) is 6.75. The van der Waals surface area contributed by atoms with Gasteiger partial charge in [-0.05, 0) is 62.3 Å². The summed E-state index contributed by atoms with van der Waals surface area (Å²) in [5, 5.41) is 0. The Morgan fingerprint density at radius 3 is 2.31 bits per heavy atom. The highest BCUT2D eigenvalue weighted by atomic mass is 35.7. The number of piperidine rings is 1. The molecule has 1 aromatic carbocycles. The number of fused-ring (bicyclic) bond motifs is 1. The molecule has 1 saturated heterocycles. The van der Waals surface area contributed by atoms with Gasteiger partial charge in [0.1, 0.15) is 11.4 Å². The smallest absolute Gasteiger partial charge is 0.471 e. The molecule has 212 valence electrons. The summed E-state index contributed by atoms with van der Waals surface area (Å²) in [7, 11) is 1.49. The lowest BCUT2D eigenvalue weighted by atomic mass is 9.83. The average molecular weight is 587 g/mol. The van der Waals surface area contributed by atoms with E-state index in [0.29, 0.717) is 41.1 Å². The molecule has 0 aromatic heterocycles. The molecular formula is C27H30ClF3N2O5S. The van der Waals surface area contributed by atoms with Crippen LogP contribution in [0.1, 0.15) is 39.2 Å². The number of amides is 2. The standard InChI is InChI=1S/C27H30ClF3N2O5S/c1-5-19(24(34)32(6-2)7-3)9-8-18(4)22-17-26(12-14-33(15-13-26)25(35)27(29,30)31)38-23-11-10-20(16-21(22)23)39(28,36)37/h5,8-11,16-17H,4,6-7,12-15H2,1-3H3/b9-8-,19-5+. The van der Waals surface area contributed by atoms with E-state index in [4.69, 9.17) is 15.4 Å². The van der Waals surface area contributed by atoms with Crippen LogP contribution in [-0.4, -0.2) is 68.0 Å². The van der Waals surface area contributed by atoms with E-state index in [0.717, 1.165) is 4.90 Å². The van der Waals surface area contributed by atoms with Gasteiger partial charge in [0.25, 0.3) is 15.0 Å². The van der Waals surface area contributed by atoms with Crippen molar-refractivity contribution in [2.24, 2.45) is 0 Å². The minimum atomic E-state index is -4.97. The molecule has 3 rings (SSSR count). The maximum absolute atomic E-state index is 13.0. The fourth-order valence-electron chi connectivity index (χ4n) is 4.59. The largest absolute Gasteiger partial charge is 0.482 e. The van der Waals surface area contributed by atoms with Gasteiger partial charge in [-0.3, -0.25) is 9.59 Å². The van der Waals surface area contributed by atoms with Gasteiger partial charge >= 0.3 is 12.1 Å². The molecule has 0 atom stereocenters. The molecule has 0 aliphatic carbocycles. The Kier molecular flexibility index (Phi) is 9.06. The molecule has 2 aliphatic heterocycles. The number of hydrogen-bond donors (Lipinski definition) is 0. The van der Waals surface area contributed by atoms with Gasteiger partial charge in [0, 0.05) is 60.8 Å². The van der Waals surface area contributed by atoms with Crippen LogP contribution in [0.15, 0.2) is 65.1 Å². The van der Waals surface area contributed by atoms with Gasteiger partial charge in [0.05, 0.1) is 4.90 Å². The van der Waals surface area contributed by atoms with E-state index in [1.807, 2.05) is 13.8 Å². The molecule has 2 heterocycles. The molecule has 1 spiro atoms. The van der Waals surface area contributed by atoms with Crippen molar-refractivity contribution in [2.75, 3.05) is 26.2 Å². The van der Waals surface area contributed by atoms with Crippen LogP contribution < -0.4 is 4.74 Å². The summed E-state index contributed by atoms with van der Waals surface area (Å²) in [4.78, 5) is 26.8. The van der Waals surface area contributed by atoms with Crippen molar-refractivity contribution in [3.05, 3.63) is 65.8 Å². The number of hydrogen-bond acceptors (Lipinski definition) is 5. The fourth-order valence-corrected chi connectivity index (χ4v) is 5.37. The molecule has 2 amide bonds. The van der Waals surface area contributed by atoms with Crippen LogP contribution in [0.3, 0.4) is 0 Å². The van der Waals surface area contributed by atoms with Gasteiger partial charge in [-0.25, -0.2) is 8.42 Å². The van der Waals surface area contributed by atoms with Crippen LogP contribution >= 0.6 is 10.7 Å². The highest BCUT2D eigenvalue weighted by Gasteiger charge is 2.47. The first-order valence-corrected chi connectivity index (χ1v) is 14.7. The second kappa shape index (κ2) is 11.6. The molecule has 1 fully saturated rings. The van der Waals surface area contributed by atoms with Crippen molar-refractivity contribution in [1.82, 2.24) is 9.80 Å². The van der Waals surface area contributed by atoms with Crippen molar-refractivity contribution < 1.29 is 35.9 Å². The first kappa shape index (κ1) is 30.5. The summed E-state index contributed by atoms with van der Waals surface area (Å²) in [6.45, 7) is 10.3. The SMILES string of the molecule is C=C(/C=C\C(=C/C)C(=O)N(CC)CC)C1=CC2(CCN(C(=O)C(F)(F)F)CC2)Oc2ccc(S(=O)(=O)Cl)cc21. The number of halogens is 4. The molecule has 39 heavy (non-hydrogen) atoms. The third-order valence-corrected chi connectivity index (χ3v) is 8.15. The van der Waals surface area contributed by atoms with E-state index in [1.165, 1.54) is 18.2 Å². The van der Waals surface area contributed by atoms with Crippen molar-refractivity contribution in [3.8, 4) is 5.75 Å². The van der Waals surface area contributed by atoms with Crippen LogP contribution in [0.2, 0.25) is 0 Å². The van der Waals surface area contributed by atoms with Crippen LogP contribution in [0.4, 0.5) is 13.2 Å². The zero-order valence-electron chi connectivity index (χ0n) is 21.8. The Labute approximate surface area is 230 Å². The number of nitrogens with zero attached hydrogens (tertiary/aromatic N) is 2. The molecule has 1 aromatic rings. The highest BCUT2D eigenvalue weighted by molar-refractivity contribution is 8.13. The lowest BCUT2D eigenvalue weighted by Crippen LogP contribution is -2.52. The zero-order chi connectivity index (χ0) is 29.2. The van der Waals surface area contributed by atoms with Crippen molar-refractivity contribution >= 4 is 37.1 Å². The van der Waals surface area contributed by atoms with E-state index in [1.54, 1.807) is 36.1 Å². The summed E-state index contributed by atoms with van der Waals surface area (Å²) < 4.78 is 69.1. The van der Waals surface area contributed by atoms with E-state index >= 15 is 0 Å². The Bertz CT molecular complexity index is 1350. The van der Waals surface area contributed by atoms with Gasteiger partial charge < -0.3 is 14.5 Å². The van der Waals surface area contributed by atoms with Crippen LogP contribution in [-0.2, 0) is 18.6 Å². The normalized spacial score (nSPS) is 17.5. The predicted molar refractivity (Wildman–Crippen MR) is 143 cm³/mol. The van der Waals surface area contributed by atoms with Gasteiger partial charge in [-0.15, -0.1) is 0 Å². The van der Waals surface area contributed by atoms with Crippen LogP contribution in [0.5, 0.6) is 5.75 Å². The van der Waals surface area contributed by atoms with Crippen molar-refractivity contribution in [3.63, 3.8) is 0 Å². The van der Waals surface area contributed by atoms with Crippen LogP contribution in [0, 0.1) is 0 Å². The number of likely N-dealkylation sites (tertiary alicyclic amines) is 1. The Morgan fingerprint density at radius 2 is 1.79 bits per heavy atom. The molecular weight excluding hydrogens is 557 g/mol. The van der Waals surface area contributed by atoms with E-state index in [2.05, 4.69) is 6.58 Å². The lowest BCUT2D eigenvalue weighted by molar-refractivity contribution is -0.187. The summed E-state index contributed by atoms with van der Waals surface area (Å²) in [5.74, 6) is -1.77. The quantitative estimate of drug-likeness (QED) is 0.248. The molecule has 0 bridgehead atoms. The summed E-state index contributed by atoms with van der Waals surface area (Å²) in [6.07, 6.45) is 1.78. The van der Waals surface area contributed by atoms with Gasteiger partial charge in [-0.2, -0.15) is 13.2 Å². The molecule has 12 heteroatoms. The highest BCUT2D eigenvalue weighted by Crippen LogP contribution is 2.44. The number of likely N-dealkylation sites (N-methyl/N-ethyl adjacent to an activating group) is 1. The monoisotopic (exact) mass is 586 g/mol. The second-order valence-corrected chi connectivity index (χ2v) is 11.8. The number of carbonyl (C=O) groups excluding carboxylic acids is 2. The third-order valence-electron chi connectivity index (χ3n) is 6.80. The van der Waals surface area contributed by atoms with Crippen molar-refractivity contribution in [2.45, 2.75) is 50.3 Å². The average Bonchev–Trinajstić information content (AvgIpc) is 2.88. The Hall–Kier alpha value is -3.05. The number of benzene rings is 1. The summed E-state index contributed by atoms with van der Waals surface area (Å²) in [6, 6.07) is 4.06. The molecule has 2 aliphatic rings.